The number of para-hydroxylation sites is 1. The molecule has 0 aliphatic heterocycles. The van der Waals surface area contributed by atoms with E-state index in [0.717, 1.165) is 16.5 Å². The summed E-state index contributed by atoms with van der Waals surface area (Å²) < 4.78 is 7.27. The molecule has 0 saturated heterocycles. The molecule has 1 atom stereocenters. The van der Waals surface area contributed by atoms with E-state index in [1.165, 1.54) is 4.68 Å². The summed E-state index contributed by atoms with van der Waals surface area (Å²) >= 11 is 0. The van der Waals surface area contributed by atoms with Crippen molar-refractivity contribution in [3.63, 3.8) is 0 Å². The molecule has 28 heavy (non-hydrogen) atoms. The van der Waals surface area contributed by atoms with Crippen LogP contribution in [0.15, 0.2) is 57.7 Å². The zero-order valence-corrected chi connectivity index (χ0v) is 16.0. The number of amides is 1. The van der Waals surface area contributed by atoms with E-state index in [4.69, 9.17) is 4.42 Å². The molecule has 2 aromatic carbocycles. The van der Waals surface area contributed by atoms with Gasteiger partial charge in [0.15, 0.2) is 5.69 Å². The molecular weight excluding hydrogens is 354 g/mol. The maximum absolute atomic E-state index is 13.0. The fourth-order valence-corrected chi connectivity index (χ4v) is 3.55. The van der Waals surface area contributed by atoms with Crippen LogP contribution in [-0.4, -0.2) is 15.7 Å². The smallest absolute Gasteiger partial charge is 0.274 e. The first-order valence-electron chi connectivity index (χ1n) is 9.30. The lowest BCUT2D eigenvalue weighted by atomic mass is 10.1. The minimum absolute atomic E-state index is 0.198. The highest BCUT2D eigenvalue weighted by atomic mass is 16.3. The monoisotopic (exact) mass is 375 g/mol. The van der Waals surface area contributed by atoms with Crippen LogP contribution in [0.3, 0.4) is 0 Å². The van der Waals surface area contributed by atoms with E-state index in [9.17, 15) is 9.59 Å². The first-order chi connectivity index (χ1) is 13.5. The third-order valence-electron chi connectivity index (χ3n) is 5.00. The average Bonchev–Trinajstić information content (AvgIpc) is 3.05. The fraction of sp³-hybridized carbons (Fsp3) is 0.227. The zero-order valence-electron chi connectivity index (χ0n) is 16.0. The highest BCUT2D eigenvalue weighted by Crippen LogP contribution is 2.29. The number of benzene rings is 2. The van der Waals surface area contributed by atoms with Crippen LogP contribution in [0, 0.1) is 6.92 Å². The van der Waals surface area contributed by atoms with Crippen molar-refractivity contribution in [3.05, 3.63) is 75.9 Å². The highest BCUT2D eigenvalue weighted by Gasteiger charge is 2.22. The third kappa shape index (κ3) is 2.87. The number of rotatable bonds is 4. The van der Waals surface area contributed by atoms with Crippen LogP contribution in [0.4, 0.5) is 0 Å². The van der Waals surface area contributed by atoms with Gasteiger partial charge in [-0.1, -0.05) is 36.4 Å². The van der Waals surface area contributed by atoms with Gasteiger partial charge in [0.25, 0.3) is 11.5 Å². The number of carbonyl (C=O) groups excluding carboxylic acids is 1. The van der Waals surface area contributed by atoms with E-state index in [0.29, 0.717) is 23.1 Å². The topological polar surface area (TPSA) is 77.1 Å². The van der Waals surface area contributed by atoms with Gasteiger partial charge in [-0.2, -0.15) is 5.10 Å². The summed E-state index contributed by atoms with van der Waals surface area (Å²) in [5.41, 5.74) is 1.83. The number of nitrogens with zero attached hydrogens (tertiary/aromatic N) is 2. The molecule has 1 N–H and O–H groups in total. The second-order valence-corrected chi connectivity index (χ2v) is 6.80. The number of furan rings is 1. The van der Waals surface area contributed by atoms with Crippen molar-refractivity contribution in [1.29, 1.82) is 0 Å². The van der Waals surface area contributed by atoms with Crippen molar-refractivity contribution >= 4 is 27.6 Å². The Morgan fingerprint density at radius 2 is 1.75 bits per heavy atom. The summed E-state index contributed by atoms with van der Waals surface area (Å²) in [4.78, 5) is 25.5. The van der Waals surface area contributed by atoms with E-state index in [1.807, 2.05) is 45.0 Å². The molecule has 4 rings (SSSR count). The molecule has 0 saturated carbocycles. The van der Waals surface area contributed by atoms with Crippen LogP contribution in [-0.2, 0) is 6.54 Å². The minimum atomic E-state index is -0.345. The maximum atomic E-state index is 13.0. The normalized spacial score (nSPS) is 12.4. The largest absolute Gasteiger partial charge is 0.459 e. The van der Waals surface area contributed by atoms with E-state index < -0.39 is 0 Å². The molecule has 6 heteroatoms. The fourth-order valence-electron chi connectivity index (χ4n) is 3.55. The Morgan fingerprint density at radius 1 is 1.11 bits per heavy atom. The number of hydrogen-bond acceptors (Lipinski definition) is 4. The van der Waals surface area contributed by atoms with Gasteiger partial charge in [-0.25, -0.2) is 4.68 Å². The quantitative estimate of drug-likeness (QED) is 0.586. The van der Waals surface area contributed by atoms with Gasteiger partial charge in [0.2, 0.25) is 0 Å². The summed E-state index contributed by atoms with van der Waals surface area (Å²) in [6.07, 6.45) is 0. The third-order valence-corrected chi connectivity index (χ3v) is 5.00. The van der Waals surface area contributed by atoms with Crippen LogP contribution >= 0.6 is 0 Å². The Kier molecular flexibility index (Phi) is 4.47. The Labute approximate surface area is 161 Å². The molecular formula is C22H21N3O3. The summed E-state index contributed by atoms with van der Waals surface area (Å²) in [5.74, 6) is 0.369. The molecule has 1 unspecified atom stereocenters. The SMILES string of the molecule is CCn1nc(C(=O)NC(C)c2oc3ccccc3c2C)c2ccccc2c1=O. The Bertz CT molecular complexity index is 1250. The minimum Gasteiger partial charge on any atom is -0.459 e. The predicted molar refractivity (Wildman–Crippen MR) is 109 cm³/mol. The van der Waals surface area contributed by atoms with Crippen molar-refractivity contribution in [2.45, 2.75) is 33.4 Å². The molecule has 2 aromatic heterocycles. The first kappa shape index (κ1) is 18.0. The second-order valence-electron chi connectivity index (χ2n) is 6.80. The number of aromatic nitrogens is 2. The van der Waals surface area contributed by atoms with Gasteiger partial charge in [-0.15, -0.1) is 0 Å². The van der Waals surface area contributed by atoms with Crippen LogP contribution in [0.5, 0.6) is 0 Å². The number of carbonyl (C=O) groups is 1. The standard InChI is InChI=1S/C22H21N3O3/c1-4-25-22(27)17-11-6-5-10-16(17)19(24-25)21(26)23-14(3)20-13(2)15-9-7-8-12-18(15)28-20/h5-12,14H,4H2,1-3H3,(H,23,26). The molecule has 2 heterocycles. The molecule has 6 nitrogen and oxygen atoms in total. The highest BCUT2D eigenvalue weighted by molar-refractivity contribution is 6.04. The van der Waals surface area contributed by atoms with Crippen molar-refractivity contribution < 1.29 is 9.21 Å². The summed E-state index contributed by atoms with van der Waals surface area (Å²) in [5, 5.41) is 9.32. The van der Waals surface area contributed by atoms with Crippen LogP contribution in [0.1, 0.15) is 41.7 Å². The Morgan fingerprint density at radius 3 is 2.43 bits per heavy atom. The number of nitrogens with one attached hydrogen (secondary N) is 1. The first-order valence-corrected chi connectivity index (χ1v) is 9.30. The van der Waals surface area contributed by atoms with Gasteiger partial charge < -0.3 is 9.73 Å². The lowest BCUT2D eigenvalue weighted by molar-refractivity contribution is 0.0930. The number of aryl methyl sites for hydroxylation is 2. The van der Waals surface area contributed by atoms with Crippen molar-refractivity contribution in [2.75, 3.05) is 0 Å². The van der Waals surface area contributed by atoms with Gasteiger partial charge in [0.1, 0.15) is 11.3 Å². The average molecular weight is 375 g/mol. The van der Waals surface area contributed by atoms with Gasteiger partial charge in [0.05, 0.1) is 11.4 Å². The summed E-state index contributed by atoms with van der Waals surface area (Å²) in [6, 6.07) is 14.5. The lowest BCUT2D eigenvalue weighted by Gasteiger charge is -2.14. The number of hydrogen-bond donors (Lipinski definition) is 1. The molecule has 0 aliphatic carbocycles. The zero-order chi connectivity index (χ0) is 19.8. The Balaban J connectivity index is 1.73. The molecule has 1 amide bonds. The van der Waals surface area contributed by atoms with E-state index in [-0.39, 0.29) is 23.2 Å². The predicted octanol–water partition coefficient (Wildman–Crippen LogP) is 3.96. The van der Waals surface area contributed by atoms with Crippen LogP contribution < -0.4 is 10.9 Å². The number of fused-ring (bicyclic) bond motifs is 2. The van der Waals surface area contributed by atoms with E-state index >= 15 is 0 Å². The molecule has 0 radical (unpaired) electrons. The molecule has 4 aromatic rings. The van der Waals surface area contributed by atoms with Gasteiger partial charge >= 0.3 is 0 Å². The molecule has 0 fully saturated rings. The summed E-state index contributed by atoms with van der Waals surface area (Å²) in [6.45, 7) is 6.07. The lowest BCUT2D eigenvalue weighted by Crippen LogP contribution is -2.32. The second kappa shape index (κ2) is 6.96. The van der Waals surface area contributed by atoms with Crippen molar-refractivity contribution in [2.24, 2.45) is 0 Å². The van der Waals surface area contributed by atoms with Gasteiger partial charge in [-0.3, -0.25) is 9.59 Å². The van der Waals surface area contributed by atoms with E-state index in [2.05, 4.69) is 10.4 Å². The maximum Gasteiger partial charge on any atom is 0.274 e. The van der Waals surface area contributed by atoms with Crippen molar-refractivity contribution in [1.82, 2.24) is 15.1 Å². The summed E-state index contributed by atoms with van der Waals surface area (Å²) in [7, 11) is 0. The van der Waals surface area contributed by atoms with Crippen LogP contribution in [0.25, 0.3) is 21.7 Å². The Hall–Kier alpha value is -3.41. The van der Waals surface area contributed by atoms with Gasteiger partial charge in [-0.05, 0) is 32.9 Å². The van der Waals surface area contributed by atoms with Crippen molar-refractivity contribution in [3.8, 4) is 0 Å². The van der Waals surface area contributed by atoms with Crippen LogP contribution in [0.2, 0.25) is 0 Å². The van der Waals surface area contributed by atoms with Gasteiger partial charge in [0, 0.05) is 22.9 Å². The molecule has 0 bridgehead atoms. The molecule has 0 spiro atoms. The molecule has 0 aliphatic rings. The van der Waals surface area contributed by atoms with E-state index in [1.54, 1.807) is 24.3 Å². The molecule has 142 valence electrons.